The van der Waals surface area contributed by atoms with Crippen LogP contribution in [0.5, 0.6) is 0 Å². The fourth-order valence-electron chi connectivity index (χ4n) is 3.45. The van der Waals surface area contributed by atoms with Crippen LogP contribution in [0.3, 0.4) is 0 Å². The van der Waals surface area contributed by atoms with Crippen molar-refractivity contribution in [3.63, 3.8) is 0 Å². The number of anilines is 1. The summed E-state index contributed by atoms with van der Waals surface area (Å²) in [5, 5.41) is 10.00. The Labute approximate surface area is 150 Å². The minimum atomic E-state index is -0.927. The molecule has 1 atom stereocenters. The molecular weight excluding hydrogens is 339 g/mol. The molecule has 2 aromatic rings. The number of fused-ring (bicyclic) bond motifs is 1. The number of aliphatic carboxylic acids is 1. The summed E-state index contributed by atoms with van der Waals surface area (Å²) in [5.74, 6) is -1.87. The Bertz CT molecular complexity index is 899. The van der Waals surface area contributed by atoms with Gasteiger partial charge in [-0.2, -0.15) is 0 Å². The molecule has 0 spiro atoms. The first kappa shape index (κ1) is 18.1. The van der Waals surface area contributed by atoms with Gasteiger partial charge in [0, 0.05) is 24.7 Å². The van der Waals surface area contributed by atoms with Gasteiger partial charge in [-0.3, -0.25) is 9.78 Å². The van der Waals surface area contributed by atoms with Crippen LogP contribution in [0, 0.1) is 18.2 Å². The molecule has 1 N–H and O–H groups in total. The monoisotopic (exact) mass is 360 g/mol. The number of carbonyl (C=O) groups excluding carboxylic acids is 1. The largest absolute Gasteiger partial charge is 0.481 e. The number of benzene rings is 1. The molecule has 0 bridgehead atoms. The van der Waals surface area contributed by atoms with Gasteiger partial charge >= 0.3 is 11.9 Å². The number of carboxylic acids is 1. The molecule has 1 unspecified atom stereocenters. The third-order valence-corrected chi connectivity index (χ3v) is 4.90. The second-order valence-electron chi connectivity index (χ2n) is 6.90. The van der Waals surface area contributed by atoms with Crippen molar-refractivity contribution in [2.24, 2.45) is 5.41 Å². The van der Waals surface area contributed by atoms with Crippen molar-refractivity contribution in [2.75, 3.05) is 24.6 Å². The van der Waals surface area contributed by atoms with Crippen molar-refractivity contribution in [2.45, 2.75) is 27.2 Å². The van der Waals surface area contributed by atoms with E-state index in [9.17, 15) is 19.1 Å². The van der Waals surface area contributed by atoms with Crippen LogP contribution in [0.15, 0.2) is 18.3 Å². The van der Waals surface area contributed by atoms with Crippen LogP contribution in [-0.4, -0.2) is 41.7 Å². The summed E-state index contributed by atoms with van der Waals surface area (Å²) in [6.45, 7) is 6.00. The quantitative estimate of drug-likeness (QED) is 0.844. The number of aryl methyl sites for hydroxylation is 1. The Kier molecular flexibility index (Phi) is 4.56. The van der Waals surface area contributed by atoms with E-state index in [0.29, 0.717) is 35.1 Å². The van der Waals surface area contributed by atoms with Crippen molar-refractivity contribution in [3.8, 4) is 0 Å². The normalized spacial score (nSPS) is 19.8. The predicted octanol–water partition coefficient (Wildman–Crippen LogP) is 3.16. The average molecular weight is 360 g/mol. The SMILES string of the molecule is CCOC(=O)c1cnc2c(C)cc(F)cc2c1N1CCC(C)(C(=O)O)C1. The van der Waals surface area contributed by atoms with Gasteiger partial charge < -0.3 is 14.7 Å². The Morgan fingerprint density at radius 2 is 2.15 bits per heavy atom. The lowest BCUT2D eigenvalue weighted by molar-refractivity contribution is -0.146. The number of pyridine rings is 1. The Hall–Kier alpha value is -2.70. The van der Waals surface area contributed by atoms with E-state index in [1.54, 1.807) is 20.8 Å². The van der Waals surface area contributed by atoms with E-state index in [1.807, 2.05) is 4.90 Å². The highest BCUT2D eigenvalue weighted by atomic mass is 19.1. The van der Waals surface area contributed by atoms with Crippen LogP contribution in [0.4, 0.5) is 10.1 Å². The second kappa shape index (κ2) is 6.55. The van der Waals surface area contributed by atoms with E-state index in [4.69, 9.17) is 4.74 Å². The zero-order chi connectivity index (χ0) is 19.1. The highest BCUT2D eigenvalue weighted by molar-refractivity contribution is 6.06. The van der Waals surface area contributed by atoms with E-state index in [-0.39, 0.29) is 18.7 Å². The van der Waals surface area contributed by atoms with Crippen molar-refractivity contribution in [3.05, 3.63) is 35.3 Å². The van der Waals surface area contributed by atoms with Crippen molar-refractivity contribution in [1.82, 2.24) is 4.98 Å². The summed E-state index contributed by atoms with van der Waals surface area (Å²) in [4.78, 5) is 30.2. The molecule has 138 valence electrons. The third kappa shape index (κ3) is 2.98. The smallest absolute Gasteiger partial charge is 0.341 e. The maximum absolute atomic E-state index is 14.1. The summed E-state index contributed by atoms with van der Waals surface area (Å²) >= 11 is 0. The van der Waals surface area contributed by atoms with Gasteiger partial charge in [0.25, 0.3) is 0 Å². The number of carboxylic acid groups (broad SMARTS) is 1. The lowest BCUT2D eigenvalue weighted by Crippen LogP contribution is -2.32. The van der Waals surface area contributed by atoms with Gasteiger partial charge in [-0.05, 0) is 44.9 Å². The first-order valence-corrected chi connectivity index (χ1v) is 8.51. The highest BCUT2D eigenvalue weighted by Gasteiger charge is 2.42. The number of nitrogens with zero attached hydrogens (tertiary/aromatic N) is 2. The molecule has 1 aromatic carbocycles. The summed E-state index contributed by atoms with van der Waals surface area (Å²) in [5.41, 5.74) is 1.01. The van der Waals surface area contributed by atoms with Crippen LogP contribution in [0.25, 0.3) is 10.9 Å². The average Bonchev–Trinajstić information content (AvgIpc) is 2.97. The van der Waals surface area contributed by atoms with E-state index in [0.717, 1.165) is 0 Å². The van der Waals surface area contributed by atoms with Crippen LogP contribution < -0.4 is 4.90 Å². The Morgan fingerprint density at radius 1 is 1.42 bits per heavy atom. The number of halogens is 1. The van der Waals surface area contributed by atoms with Gasteiger partial charge in [-0.25, -0.2) is 9.18 Å². The number of aromatic nitrogens is 1. The van der Waals surface area contributed by atoms with E-state index >= 15 is 0 Å². The number of hydrogen-bond acceptors (Lipinski definition) is 5. The molecule has 6 nitrogen and oxygen atoms in total. The molecule has 1 aromatic heterocycles. The van der Waals surface area contributed by atoms with Gasteiger partial charge in [-0.1, -0.05) is 0 Å². The van der Waals surface area contributed by atoms with E-state index in [1.165, 1.54) is 18.3 Å². The molecule has 3 rings (SSSR count). The maximum Gasteiger partial charge on any atom is 0.341 e. The van der Waals surface area contributed by atoms with Crippen LogP contribution in [0.2, 0.25) is 0 Å². The highest BCUT2D eigenvalue weighted by Crippen LogP contribution is 2.39. The van der Waals surface area contributed by atoms with Gasteiger partial charge in [0.05, 0.1) is 23.2 Å². The molecule has 1 aliphatic heterocycles. The molecule has 7 heteroatoms. The minimum absolute atomic E-state index is 0.200. The fourth-order valence-corrected chi connectivity index (χ4v) is 3.45. The zero-order valence-corrected chi connectivity index (χ0v) is 15.0. The van der Waals surface area contributed by atoms with Crippen LogP contribution in [0.1, 0.15) is 36.2 Å². The number of ether oxygens (including phenoxy) is 1. The summed E-state index contributed by atoms with van der Waals surface area (Å²) in [6.07, 6.45) is 1.86. The molecule has 2 heterocycles. The molecule has 26 heavy (non-hydrogen) atoms. The van der Waals surface area contributed by atoms with Crippen LogP contribution in [-0.2, 0) is 9.53 Å². The van der Waals surface area contributed by atoms with Crippen LogP contribution >= 0.6 is 0 Å². The van der Waals surface area contributed by atoms with Crippen molar-refractivity contribution < 1.29 is 23.8 Å². The number of hydrogen-bond donors (Lipinski definition) is 1. The van der Waals surface area contributed by atoms with Gasteiger partial charge in [0.2, 0.25) is 0 Å². The van der Waals surface area contributed by atoms with Gasteiger partial charge in [0.15, 0.2) is 0 Å². The molecular formula is C19H21FN2O4. The standard InChI is InChI=1S/C19H21FN2O4/c1-4-26-17(23)14-9-21-15-11(2)7-12(20)8-13(15)16(14)22-6-5-19(3,10-22)18(24)25/h7-9H,4-6,10H2,1-3H3,(H,24,25). The number of carbonyl (C=O) groups is 2. The van der Waals surface area contributed by atoms with Crippen molar-refractivity contribution in [1.29, 1.82) is 0 Å². The molecule has 1 aliphatic rings. The third-order valence-electron chi connectivity index (χ3n) is 4.90. The van der Waals surface area contributed by atoms with E-state index < -0.39 is 23.2 Å². The van der Waals surface area contributed by atoms with Gasteiger partial charge in [0.1, 0.15) is 11.4 Å². The molecule has 0 amide bonds. The predicted molar refractivity (Wildman–Crippen MR) is 95.0 cm³/mol. The molecule has 1 fully saturated rings. The topological polar surface area (TPSA) is 79.7 Å². The maximum atomic E-state index is 14.1. The Morgan fingerprint density at radius 3 is 2.77 bits per heavy atom. The van der Waals surface area contributed by atoms with E-state index in [2.05, 4.69) is 4.98 Å². The molecule has 0 aliphatic carbocycles. The summed E-state index contributed by atoms with van der Waals surface area (Å²) in [6, 6.07) is 2.72. The molecule has 0 saturated carbocycles. The Balaban J connectivity index is 2.21. The summed E-state index contributed by atoms with van der Waals surface area (Å²) in [7, 11) is 0. The first-order chi connectivity index (χ1) is 12.3. The molecule has 1 saturated heterocycles. The zero-order valence-electron chi connectivity index (χ0n) is 15.0. The molecule has 0 radical (unpaired) electrons. The van der Waals surface area contributed by atoms with Crippen molar-refractivity contribution >= 4 is 28.5 Å². The lowest BCUT2D eigenvalue weighted by atomic mass is 9.90. The first-order valence-electron chi connectivity index (χ1n) is 8.51. The summed E-state index contributed by atoms with van der Waals surface area (Å²) < 4.78 is 19.2. The fraction of sp³-hybridized carbons (Fsp3) is 0.421. The second-order valence-corrected chi connectivity index (χ2v) is 6.90. The number of rotatable bonds is 4. The van der Waals surface area contributed by atoms with Gasteiger partial charge in [-0.15, -0.1) is 0 Å². The minimum Gasteiger partial charge on any atom is -0.481 e. The lowest BCUT2D eigenvalue weighted by Gasteiger charge is -2.25. The number of esters is 1.